The first-order chi connectivity index (χ1) is 9.79. The number of likely N-dealkylation sites (N-methyl/N-ethyl adjacent to an activating group) is 2. The van der Waals surface area contributed by atoms with Gasteiger partial charge in [0.2, 0.25) is 0 Å². The molecule has 20 heavy (non-hydrogen) atoms. The molecule has 1 aliphatic heterocycles. The summed E-state index contributed by atoms with van der Waals surface area (Å²) in [7, 11) is 2.29. The van der Waals surface area contributed by atoms with Gasteiger partial charge in [-0.2, -0.15) is 0 Å². The molecule has 2 atom stereocenters. The summed E-state index contributed by atoms with van der Waals surface area (Å²) in [4.78, 5) is 2.54. The summed E-state index contributed by atoms with van der Waals surface area (Å²) in [5.41, 5.74) is 0. The van der Waals surface area contributed by atoms with Crippen LogP contribution in [0.4, 0.5) is 0 Å². The molecule has 0 aromatic rings. The molecular weight excluding hydrogens is 248 g/mol. The highest BCUT2D eigenvalue weighted by molar-refractivity contribution is 4.82. The van der Waals surface area contributed by atoms with Crippen LogP contribution in [-0.2, 0) is 4.74 Å². The Bertz CT molecular complexity index is 247. The van der Waals surface area contributed by atoms with E-state index in [1.54, 1.807) is 0 Å². The van der Waals surface area contributed by atoms with Gasteiger partial charge in [-0.15, -0.1) is 0 Å². The third kappa shape index (κ3) is 5.34. The lowest BCUT2D eigenvalue weighted by molar-refractivity contribution is 0.0395. The van der Waals surface area contributed by atoms with Crippen molar-refractivity contribution in [3.63, 3.8) is 0 Å². The third-order valence-electron chi connectivity index (χ3n) is 5.02. The summed E-state index contributed by atoms with van der Waals surface area (Å²) in [5, 5.41) is 3.75. The lowest BCUT2D eigenvalue weighted by Crippen LogP contribution is -2.46. The summed E-state index contributed by atoms with van der Waals surface area (Å²) in [6, 6.07) is 0.690. The molecule has 1 saturated heterocycles. The number of ether oxygens (including phenoxy) is 1. The summed E-state index contributed by atoms with van der Waals surface area (Å²) in [6.07, 6.45) is 9.78. The van der Waals surface area contributed by atoms with Crippen molar-refractivity contribution in [2.24, 2.45) is 11.8 Å². The normalized spacial score (nSPS) is 26.9. The molecule has 2 rings (SSSR count). The van der Waals surface area contributed by atoms with E-state index in [0.29, 0.717) is 6.04 Å². The SMILES string of the molecule is CCNC(CN(C)CC1CCCOC1)C1CCCCC1. The van der Waals surface area contributed by atoms with Crippen molar-refractivity contribution >= 4 is 0 Å². The van der Waals surface area contributed by atoms with Crippen LogP contribution in [0.3, 0.4) is 0 Å². The Morgan fingerprint density at radius 2 is 1.95 bits per heavy atom. The van der Waals surface area contributed by atoms with E-state index in [2.05, 4.69) is 24.2 Å². The van der Waals surface area contributed by atoms with Crippen LogP contribution in [0, 0.1) is 11.8 Å². The van der Waals surface area contributed by atoms with Gasteiger partial charge in [0, 0.05) is 25.7 Å². The van der Waals surface area contributed by atoms with Crippen LogP contribution in [0.1, 0.15) is 51.9 Å². The van der Waals surface area contributed by atoms with Crippen LogP contribution < -0.4 is 5.32 Å². The number of hydrogen-bond acceptors (Lipinski definition) is 3. The van der Waals surface area contributed by atoms with Crippen LogP contribution in [-0.4, -0.2) is 50.8 Å². The zero-order valence-corrected chi connectivity index (χ0v) is 13.6. The second-order valence-electron chi connectivity index (χ2n) is 6.87. The number of nitrogens with one attached hydrogen (secondary N) is 1. The van der Waals surface area contributed by atoms with Gasteiger partial charge in [-0.05, 0) is 51.1 Å². The minimum atomic E-state index is 0.690. The van der Waals surface area contributed by atoms with E-state index in [1.165, 1.54) is 58.0 Å². The van der Waals surface area contributed by atoms with Crippen molar-refractivity contribution < 1.29 is 4.74 Å². The van der Waals surface area contributed by atoms with Gasteiger partial charge in [0.15, 0.2) is 0 Å². The lowest BCUT2D eigenvalue weighted by atomic mass is 9.83. The van der Waals surface area contributed by atoms with Gasteiger partial charge in [-0.25, -0.2) is 0 Å². The van der Waals surface area contributed by atoms with Crippen molar-refractivity contribution in [2.75, 3.05) is 39.9 Å². The monoisotopic (exact) mass is 282 g/mol. The Kier molecular flexibility index (Phi) is 7.32. The van der Waals surface area contributed by atoms with Crippen LogP contribution in [0.25, 0.3) is 0 Å². The van der Waals surface area contributed by atoms with E-state index < -0.39 is 0 Å². The first kappa shape index (κ1) is 16.3. The second-order valence-corrected chi connectivity index (χ2v) is 6.87. The van der Waals surface area contributed by atoms with Crippen molar-refractivity contribution in [1.82, 2.24) is 10.2 Å². The fourth-order valence-electron chi connectivity index (χ4n) is 3.98. The van der Waals surface area contributed by atoms with Crippen LogP contribution in [0.15, 0.2) is 0 Å². The Balaban J connectivity index is 1.76. The molecule has 0 aromatic heterocycles. The van der Waals surface area contributed by atoms with Crippen LogP contribution in [0.2, 0.25) is 0 Å². The van der Waals surface area contributed by atoms with E-state index in [1.807, 2.05) is 0 Å². The summed E-state index contributed by atoms with van der Waals surface area (Å²) >= 11 is 0. The molecule has 2 fully saturated rings. The van der Waals surface area contributed by atoms with Gasteiger partial charge in [0.1, 0.15) is 0 Å². The Morgan fingerprint density at radius 3 is 2.60 bits per heavy atom. The fraction of sp³-hybridized carbons (Fsp3) is 1.00. The van der Waals surface area contributed by atoms with Crippen molar-refractivity contribution in [1.29, 1.82) is 0 Å². The molecule has 0 radical (unpaired) electrons. The van der Waals surface area contributed by atoms with Gasteiger partial charge < -0.3 is 15.0 Å². The number of nitrogens with zero attached hydrogens (tertiary/aromatic N) is 1. The van der Waals surface area contributed by atoms with E-state index in [9.17, 15) is 0 Å². The highest BCUT2D eigenvalue weighted by Crippen LogP contribution is 2.27. The number of hydrogen-bond donors (Lipinski definition) is 1. The van der Waals surface area contributed by atoms with E-state index in [-0.39, 0.29) is 0 Å². The van der Waals surface area contributed by atoms with Crippen molar-refractivity contribution in [2.45, 2.75) is 57.9 Å². The smallest absolute Gasteiger partial charge is 0.0506 e. The van der Waals surface area contributed by atoms with Crippen LogP contribution >= 0.6 is 0 Å². The molecule has 0 aromatic carbocycles. The maximum Gasteiger partial charge on any atom is 0.0506 e. The highest BCUT2D eigenvalue weighted by Gasteiger charge is 2.25. The molecule has 3 heteroatoms. The predicted octanol–water partition coefficient (Wildman–Crippen LogP) is 2.90. The van der Waals surface area contributed by atoms with Gasteiger partial charge in [-0.3, -0.25) is 0 Å². The minimum Gasteiger partial charge on any atom is -0.381 e. The first-order valence-electron chi connectivity index (χ1n) is 8.79. The second kappa shape index (κ2) is 9.01. The molecule has 0 spiro atoms. The molecule has 0 bridgehead atoms. The van der Waals surface area contributed by atoms with Gasteiger partial charge in [0.05, 0.1) is 6.61 Å². The minimum absolute atomic E-state index is 0.690. The summed E-state index contributed by atoms with van der Waals surface area (Å²) in [5.74, 6) is 1.65. The molecule has 118 valence electrons. The predicted molar refractivity (Wildman–Crippen MR) is 85.1 cm³/mol. The largest absolute Gasteiger partial charge is 0.381 e. The zero-order valence-electron chi connectivity index (χ0n) is 13.6. The number of rotatable bonds is 7. The molecule has 1 N–H and O–H groups in total. The lowest BCUT2D eigenvalue weighted by Gasteiger charge is -2.35. The summed E-state index contributed by atoms with van der Waals surface area (Å²) < 4.78 is 5.61. The van der Waals surface area contributed by atoms with Crippen LogP contribution in [0.5, 0.6) is 0 Å². The first-order valence-corrected chi connectivity index (χ1v) is 8.79. The third-order valence-corrected chi connectivity index (χ3v) is 5.02. The Morgan fingerprint density at radius 1 is 1.15 bits per heavy atom. The van der Waals surface area contributed by atoms with E-state index in [4.69, 9.17) is 4.74 Å². The highest BCUT2D eigenvalue weighted by atomic mass is 16.5. The zero-order chi connectivity index (χ0) is 14.2. The molecule has 0 amide bonds. The Labute approximate surface area is 125 Å². The average molecular weight is 282 g/mol. The molecule has 1 saturated carbocycles. The summed E-state index contributed by atoms with van der Waals surface area (Å²) in [6.45, 7) is 7.69. The maximum absolute atomic E-state index is 5.61. The maximum atomic E-state index is 5.61. The molecule has 2 aliphatic rings. The molecule has 1 heterocycles. The van der Waals surface area contributed by atoms with Gasteiger partial charge in [-0.1, -0.05) is 26.2 Å². The molecule has 3 nitrogen and oxygen atoms in total. The van der Waals surface area contributed by atoms with Crippen molar-refractivity contribution in [3.05, 3.63) is 0 Å². The topological polar surface area (TPSA) is 24.5 Å². The molecule has 2 unspecified atom stereocenters. The van der Waals surface area contributed by atoms with Gasteiger partial charge >= 0.3 is 0 Å². The van der Waals surface area contributed by atoms with E-state index >= 15 is 0 Å². The Hall–Kier alpha value is -0.120. The van der Waals surface area contributed by atoms with Crippen molar-refractivity contribution in [3.8, 4) is 0 Å². The fourth-order valence-corrected chi connectivity index (χ4v) is 3.98. The average Bonchev–Trinajstić information content (AvgIpc) is 2.49. The molecule has 1 aliphatic carbocycles. The molecular formula is C17H34N2O. The quantitative estimate of drug-likeness (QED) is 0.777. The van der Waals surface area contributed by atoms with Gasteiger partial charge in [0.25, 0.3) is 0 Å². The van der Waals surface area contributed by atoms with E-state index in [0.717, 1.165) is 31.6 Å². The standard InChI is InChI=1S/C17H34N2O/c1-3-18-17(16-9-5-4-6-10-16)13-19(2)12-15-8-7-11-20-14-15/h15-18H,3-14H2,1-2H3.